The Hall–Kier alpha value is -2.11. The first-order chi connectivity index (χ1) is 14.1. The average molecular weight is 415 g/mol. The molecule has 0 aliphatic heterocycles. The lowest BCUT2D eigenvalue weighted by Gasteiger charge is -2.28. The maximum absolute atomic E-state index is 12.8. The Morgan fingerprint density at radius 1 is 1.07 bits per heavy atom. The van der Waals surface area contributed by atoms with Gasteiger partial charge in [0.1, 0.15) is 6.10 Å². The Bertz CT molecular complexity index is 850. The number of aliphatic hydroxyl groups is 1. The van der Waals surface area contributed by atoms with Gasteiger partial charge in [0.25, 0.3) is 5.91 Å². The summed E-state index contributed by atoms with van der Waals surface area (Å²) >= 11 is 6.05. The summed E-state index contributed by atoms with van der Waals surface area (Å²) in [6, 6.07) is 9.08. The van der Waals surface area contributed by atoms with E-state index in [1.807, 2.05) is 30.3 Å². The Labute approximate surface area is 176 Å². The molecule has 0 spiro atoms. The topological polar surface area (TPSA) is 71.5 Å². The van der Waals surface area contributed by atoms with Gasteiger partial charge in [-0.05, 0) is 62.3 Å². The van der Waals surface area contributed by atoms with Crippen molar-refractivity contribution in [2.24, 2.45) is 0 Å². The number of carbonyl (C=O) groups excluding carboxylic acids is 1. The summed E-state index contributed by atoms with van der Waals surface area (Å²) in [5, 5.41) is 13.8. The molecule has 1 heterocycles. The Balaban J connectivity index is 1.60. The van der Waals surface area contributed by atoms with Crippen LogP contribution in [0.4, 0.5) is 0 Å². The molecule has 1 amide bonds. The van der Waals surface area contributed by atoms with Gasteiger partial charge in [-0.25, -0.2) is 4.98 Å². The number of benzene rings is 1. The fourth-order valence-electron chi connectivity index (χ4n) is 4.20. The van der Waals surface area contributed by atoms with E-state index in [2.05, 4.69) is 10.3 Å². The zero-order valence-corrected chi connectivity index (χ0v) is 17.2. The molecule has 0 radical (unpaired) electrons. The van der Waals surface area contributed by atoms with Gasteiger partial charge in [0, 0.05) is 16.8 Å². The van der Waals surface area contributed by atoms with Gasteiger partial charge in [-0.15, -0.1) is 0 Å². The number of halogens is 1. The van der Waals surface area contributed by atoms with Crippen LogP contribution in [0.3, 0.4) is 0 Å². The molecule has 2 fully saturated rings. The third-order valence-electron chi connectivity index (χ3n) is 5.90. The first kappa shape index (κ1) is 20.2. The smallest absolute Gasteiger partial charge is 0.253 e. The lowest BCUT2D eigenvalue weighted by atomic mass is 9.92. The van der Waals surface area contributed by atoms with Gasteiger partial charge in [0.05, 0.1) is 17.7 Å². The minimum atomic E-state index is -0.485. The minimum Gasteiger partial charge on any atom is -0.474 e. The number of aliphatic hydroxyl groups excluding tert-OH is 1. The molecule has 2 saturated carbocycles. The maximum Gasteiger partial charge on any atom is 0.253 e. The van der Waals surface area contributed by atoms with E-state index in [1.54, 1.807) is 6.20 Å². The summed E-state index contributed by atoms with van der Waals surface area (Å²) in [6.45, 7) is 0. The Morgan fingerprint density at radius 3 is 2.48 bits per heavy atom. The predicted octanol–water partition coefficient (Wildman–Crippen LogP) is 4.76. The summed E-state index contributed by atoms with van der Waals surface area (Å²) < 4.78 is 6.18. The van der Waals surface area contributed by atoms with Gasteiger partial charge in [0.2, 0.25) is 5.88 Å². The van der Waals surface area contributed by atoms with Crippen LogP contribution in [-0.4, -0.2) is 34.2 Å². The normalized spacial score (nSPS) is 22.4. The van der Waals surface area contributed by atoms with E-state index in [9.17, 15) is 9.90 Å². The first-order valence-corrected chi connectivity index (χ1v) is 10.9. The van der Waals surface area contributed by atoms with E-state index in [-0.39, 0.29) is 18.1 Å². The molecule has 0 unspecified atom stereocenters. The van der Waals surface area contributed by atoms with E-state index < -0.39 is 6.10 Å². The number of ether oxygens (including phenoxy) is 1. The summed E-state index contributed by atoms with van der Waals surface area (Å²) in [4.78, 5) is 17.3. The van der Waals surface area contributed by atoms with Gasteiger partial charge in [-0.1, -0.05) is 36.6 Å². The lowest BCUT2D eigenvalue weighted by molar-refractivity contribution is 0.0717. The highest BCUT2D eigenvalue weighted by Gasteiger charge is 2.26. The summed E-state index contributed by atoms with van der Waals surface area (Å²) in [7, 11) is 0. The lowest BCUT2D eigenvalue weighted by Crippen LogP contribution is -2.45. The molecular formula is C23H27ClN2O3. The fraction of sp³-hybridized carbons (Fsp3) is 0.478. The molecule has 4 rings (SSSR count). The largest absolute Gasteiger partial charge is 0.474 e. The number of hydrogen-bond donors (Lipinski definition) is 2. The number of aromatic nitrogens is 1. The zero-order valence-electron chi connectivity index (χ0n) is 16.4. The highest BCUT2D eigenvalue weighted by atomic mass is 35.5. The van der Waals surface area contributed by atoms with Gasteiger partial charge < -0.3 is 15.2 Å². The van der Waals surface area contributed by atoms with Crippen LogP contribution in [0.25, 0.3) is 11.1 Å². The first-order valence-electron chi connectivity index (χ1n) is 10.5. The highest BCUT2D eigenvalue weighted by molar-refractivity contribution is 6.30. The number of nitrogens with zero attached hydrogens (tertiary/aromatic N) is 1. The number of nitrogens with one attached hydrogen (secondary N) is 1. The van der Waals surface area contributed by atoms with Gasteiger partial charge >= 0.3 is 0 Å². The van der Waals surface area contributed by atoms with Crippen molar-refractivity contribution in [3.05, 3.63) is 47.1 Å². The van der Waals surface area contributed by atoms with Crippen LogP contribution in [0.1, 0.15) is 61.7 Å². The molecule has 154 valence electrons. The quantitative estimate of drug-likeness (QED) is 0.740. The summed E-state index contributed by atoms with van der Waals surface area (Å²) in [6.07, 6.45) is 9.21. The van der Waals surface area contributed by atoms with Crippen molar-refractivity contribution in [1.29, 1.82) is 0 Å². The molecule has 1 aromatic heterocycles. The molecule has 2 aliphatic rings. The van der Waals surface area contributed by atoms with Gasteiger partial charge in [-0.2, -0.15) is 0 Å². The van der Waals surface area contributed by atoms with Crippen LogP contribution in [0.15, 0.2) is 36.5 Å². The van der Waals surface area contributed by atoms with Crippen molar-refractivity contribution in [2.45, 2.75) is 69.6 Å². The van der Waals surface area contributed by atoms with Crippen LogP contribution in [-0.2, 0) is 0 Å². The predicted molar refractivity (Wildman–Crippen MR) is 113 cm³/mol. The molecule has 2 N–H and O–H groups in total. The highest BCUT2D eigenvalue weighted by Crippen LogP contribution is 2.33. The zero-order chi connectivity index (χ0) is 20.2. The van der Waals surface area contributed by atoms with Crippen molar-refractivity contribution >= 4 is 17.5 Å². The molecule has 0 saturated heterocycles. The molecule has 0 bridgehead atoms. The Kier molecular flexibility index (Phi) is 6.36. The molecule has 2 aliphatic carbocycles. The molecule has 5 nitrogen and oxygen atoms in total. The van der Waals surface area contributed by atoms with Crippen molar-refractivity contribution in [1.82, 2.24) is 10.3 Å². The van der Waals surface area contributed by atoms with Gasteiger partial charge in [0.15, 0.2) is 0 Å². The number of amides is 1. The van der Waals surface area contributed by atoms with Crippen molar-refractivity contribution in [3.8, 4) is 17.0 Å². The second-order valence-corrected chi connectivity index (χ2v) is 8.48. The van der Waals surface area contributed by atoms with E-state index >= 15 is 0 Å². The standard InChI is InChI=1S/C23H27ClN2O3/c24-17-11-9-15(10-12-17)19-13-16(14-25-23(19)29-18-5-1-2-6-18)22(28)26-20-7-3-4-8-21(20)27/h9-14,18,20-21,27H,1-8H2,(H,26,28)/t20-,21-/m1/s1. The van der Waals surface area contributed by atoms with Crippen molar-refractivity contribution in [3.63, 3.8) is 0 Å². The third kappa shape index (κ3) is 4.90. The molecule has 2 aromatic rings. The van der Waals surface area contributed by atoms with Crippen LogP contribution in [0.5, 0.6) is 5.88 Å². The second-order valence-electron chi connectivity index (χ2n) is 8.04. The second kappa shape index (κ2) is 9.14. The van der Waals surface area contributed by atoms with E-state index in [0.717, 1.165) is 49.7 Å². The SMILES string of the molecule is O=C(N[C@@H]1CCCC[C@H]1O)c1cnc(OC2CCCC2)c(-c2ccc(Cl)cc2)c1. The molecule has 2 atom stereocenters. The van der Waals surface area contributed by atoms with Crippen molar-refractivity contribution < 1.29 is 14.6 Å². The molecule has 29 heavy (non-hydrogen) atoms. The average Bonchev–Trinajstić information content (AvgIpc) is 3.24. The number of carbonyl (C=O) groups is 1. The summed E-state index contributed by atoms with van der Waals surface area (Å²) in [5.74, 6) is 0.333. The number of pyridine rings is 1. The van der Waals surface area contributed by atoms with Crippen molar-refractivity contribution in [2.75, 3.05) is 0 Å². The third-order valence-corrected chi connectivity index (χ3v) is 6.15. The van der Waals surface area contributed by atoms with Gasteiger partial charge in [-0.3, -0.25) is 4.79 Å². The summed E-state index contributed by atoms with van der Waals surface area (Å²) in [5.41, 5.74) is 2.15. The molecule has 1 aromatic carbocycles. The number of rotatable bonds is 5. The molecule has 6 heteroatoms. The minimum absolute atomic E-state index is 0.172. The van der Waals surface area contributed by atoms with Crippen LogP contribution in [0, 0.1) is 0 Å². The number of hydrogen-bond acceptors (Lipinski definition) is 4. The van der Waals surface area contributed by atoms with E-state index in [4.69, 9.17) is 16.3 Å². The molecular weight excluding hydrogens is 388 g/mol. The van der Waals surface area contributed by atoms with E-state index in [1.165, 1.54) is 12.8 Å². The van der Waals surface area contributed by atoms with Crippen LogP contribution < -0.4 is 10.1 Å². The van der Waals surface area contributed by atoms with E-state index in [0.29, 0.717) is 16.5 Å². The van der Waals surface area contributed by atoms with Crippen LogP contribution in [0.2, 0.25) is 5.02 Å². The maximum atomic E-state index is 12.8. The Morgan fingerprint density at radius 2 is 1.76 bits per heavy atom. The fourth-order valence-corrected chi connectivity index (χ4v) is 4.33. The van der Waals surface area contributed by atoms with Crippen LogP contribution >= 0.6 is 11.6 Å². The monoisotopic (exact) mass is 414 g/mol.